The Balaban J connectivity index is 2.56. The Morgan fingerprint density at radius 2 is 1.80 bits per heavy atom. The molecular weight excluding hydrogens is 303 g/mol. The Morgan fingerprint density at radius 1 is 1.05 bits per heavy atom. The Labute approximate surface area is 126 Å². The Hall–Kier alpha value is -1.16. The van der Waals surface area contributed by atoms with E-state index < -0.39 is 17.7 Å². The first-order valence-corrected chi connectivity index (χ1v) is 6.92. The zero-order valence-corrected chi connectivity index (χ0v) is 12.3. The third kappa shape index (κ3) is 3.11. The van der Waals surface area contributed by atoms with Crippen molar-refractivity contribution in [3.8, 4) is 0 Å². The summed E-state index contributed by atoms with van der Waals surface area (Å²) < 4.78 is 27.6. The highest BCUT2D eigenvalue weighted by atomic mass is 35.5. The lowest BCUT2D eigenvalue weighted by atomic mass is 9.98. The maximum Gasteiger partial charge on any atom is 0.146 e. The average molecular weight is 316 g/mol. The van der Waals surface area contributed by atoms with E-state index >= 15 is 0 Å². The number of hydrogen-bond donors (Lipinski definition) is 1. The van der Waals surface area contributed by atoms with Crippen molar-refractivity contribution in [3.63, 3.8) is 0 Å². The molecule has 1 unspecified atom stereocenters. The van der Waals surface area contributed by atoms with Crippen LogP contribution in [0.25, 0.3) is 0 Å². The normalized spacial score (nSPS) is 12.4. The highest BCUT2D eigenvalue weighted by molar-refractivity contribution is 6.31. The average Bonchev–Trinajstić information content (AvgIpc) is 2.43. The molecule has 1 nitrogen and oxygen atoms in total. The van der Waals surface area contributed by atoms with E-state index in [1.54, 1.807) is 12.1 Å². The van der Waals surface area contributed by atoms with E-state index in [0.29, 0.717) is 22.7 Å². The maximum atomic E-state index is 14.2. The lowest BCUT2D eigenvalue weighted by Gasteiger charge is -2.21. The summed E-state index contributed by atoms with van der Waals surface area (Å²) in [5, 5.41) is 3.50. The van der Waals surface area contributed by atoms with Crippen LogP contribution in [-0.4, -0.2) is 6.54 Å². The van der Waals surface area contributed by atoms with Gasteiger partial charge in [0.25, 0.3) is 0 Å². The van der Waals surface area contributed by atoms with Crippen molar-refractivity contribution in [2.45, 2.75) is 13.0 Å². The van der Waals surface area contributed by atoms with Crippen molar-refractivity contribution in [3.05, 3.63) is 69.2 Å². The molecule has 2 aromatic rings. The molecule has 1 N–H and O–H groups in total. The first kappa shape index (κ1) is 15.2. The lowest BCUT2D eigenvalue weighted by molar-refractivity contribution is 0.555. The molecule has 0 radical (unpaired) electrons. The predicted molar refractivity (Wildman–Crippen MR) is 78.3 cm³/mol. The highest BCUT2D eigenvalue weighted by Gasteiger charge is 2.21. The molecule has 2 rings (SSSR count). The SMILES string of the molecule is CCNC(c1cc(F)ccc1Cl)c1cccc(Cl)c1F. The Morgan fingerprint density at radius 3 is 2.50 bits per heavy atom. The molecular formula is C15H13Cl2F2N. The monoisotopic (exact) mass is 315 g/mol. The van der Waals surface area contributed by atoms with E-state index in [2.05, 4.69) is 5.32 Å². The minimum absolute atomic E-state index is 0.0259. The van der Waals surface area contributed by atoms with Crippen LogP contribution < -0.4 is 5.32 Å². The predicted octanol–water partition coefficient (Wildman–Crippen LogP) is 4.97. The summed E-state index contributed by atoms with van der Waals surface area (Å²) in [5.74, 6) is -0.949. The van der Waals surface area contributed by atoms with Gasteiger partial charge in [0.05, 0.1) is 11.1 Å². The molecule has 0 saturated carbocycles. The lowest BCUT2D eigenvalue weighted by Crippen LogP contribution is -2.23. The number of nitrogens with one attached hydrogen (secondary N) is 1. The van der Waals surface area contributed by atoms with Crippen LogP contribution in [0.15, 0.2) is 36.4 Å². The van der Waals surface area contributed by atoms with Crippen LogP contribution in [0.2, 0.25) is 10.0 Å². The van der Waals surface area contributed by atoms with Gasteiger partial charge in [-0.05, 0) is 36.4 Å². The van der Waals surface area contributed by atoms with Crippen molar-refractivity contribution >= 4 is 23.2 Å². The molecule has 0 aliphatic heterocycles. The third-order valence-electron chi connectivity index (χ3n) is 2.97. The Kier molecular flexibility index (Phi) is 4.97. The minimum atomic E-state index is -0.554. The van der Waals surface area contributed by atoms with Gasteiger partial charge in [-0.15, -0.1) is 0 Å². The summed E-state index contributed by atoms with van der Waals surface area (Å²) in [7, 11) is 0. The molecule has 0 heterocycles. The van der Waals surface area contributed by atoms with Gasteiger partial charge in [-0.2, -0.15) is 0 Å². The number of rotatable bonds is 4. The van der Waals surface area contributed by atoms with Crippen LogP contribution in [-0.2, 0) is 0 Å². The molecule has 1 atom stereocenters. The molecule has 0 spiro atoms. The highest BCUT2D eigenvalue weighted by Crippen LogP contribution is 2.32. The van der Waals surface area contributed by atoms with E-state index in [1.165, 1.54) is 24.3 Å². The van der Waals surface area contributed by atoms with Gasteiger partial charge >= 0.3 is 0 Å². The van der Waals surface area contributed by atoms with Crippen LogP contribution >= 0.6 is 23.2 Å². The first-order valence-electron chi connectivity index (χ1n) is 6.16. The van der Waals surface area contributed by atoms with E-state index in [9.17, 15) is 8.78 Å². The second kappa shape index (κ2) is 6.53. The van der Waals surface area contributed by atoms with Crippen LogP contribution in [0.3, 0.4) is 0 Å². The summed E-state index contributed by atoms with van der Waals surface area (Å²) in [5.41, 5.74) is 0.821. The molecule has 0 saturated heterocycles. The van der Waals surface area contributed by atoms with E-state index in [4.69, 9.17) is 23.2 Å². The summed E-state index contributed by atoms with van der Waals surface area (Å²) >= 11 is 11.9. The van der Waals surface area contributed by atoms with Gasteiger partial charge in [0.15, 0.2) is 0 Å². The van der Waals surface area contributed by atoms with E-state index in [0.717, 1.165) is 0 Å². The van der Waals surface area contributed by atoms with Crippen molar-refractivity contribution < 1.29 is 8.78 Å². The fourth-order valence-electron chi connectivity index (χ4n) is 2.07. The van der Waals surface area contributed by atoms with Gasteiger partial charge < -0.3 is 5.32 Å². The summed E-state index contributed by atoms with van der Waals surface area (Å²) in [4.78, 5) is 0. The topological polar surface area (TPSA) is 12.0 Å². The van der Waals surface area contributed by atoms with Crippen molar-refractivity contribution in [1.82, 2.24) is 5.32 Å². The fraction of sp³-hybridized carbons (Fsp3) is 0.200. The van der Waals surface area contributed by atoms with Crippen molar-refractivity contribution in [2.24, 2.45) is 0 Å². The molecule has 5 heteroatoms. The molecule has 0 fully saturated rings. The van der Waals surface area contributed by atoms with Gasteiger partial charge in [-0.1, -0.05) is 42.3 Å². The van der Waals surface area contributed by atoms with Gasteiger partial charge in [-0.3, -0.25) is 0 Å². The summed E-state index contributed by atoms with van der Waals surface area (Å²) in [6, 6.07) is 8.20. The summed E-state index contributed by atoms with van der Waals surface area (Å²) in [6.45, 7) is 2.45. The molecule has 0 aliphatic carbocycles. The standard InChI is InChI=1S/C15H13Cl2F2N/c1-2-20-15(10-4-3-5-13(17)14(10)19)11-8-9(18)6-7-12(11)16/h3-8,15,20H,2H2,1H3. The molecule has 0 amide bonds. The van der Waals surface area contributed by atoms with Crippen LogP contribution in [0, 0.1) is 11.6 Å². The zero-order chi connectivity index (χ0) is 14.7. The number of hydrogen-bond acceptors (Lipinski definition) is 1. The van der Waals surface area contributed by atoms with Gasteiger partial charge in [0.1, 0.15) is 11.6 Å². The smallest absolute Gasteiger partial charge is 0.146 e. The second-order valence-corrected chi connectivity index (χ2v) is 5.11. The van der Waals surface area contributed by atoms with E-state index in [-0.39, 0.29) is 5.02 Å². The van der Waals surface area contributed by atoms with E-state index in [1.807, 2.05) is 6.92 Å². The number of halogens is 4. The maximum absolute atomic E-state index is 14.2. The minimum Gasteiger partial charge on any atom is -0.306 e. The molecule has 0 bridgehead atoms. The molecule has 2 aromatic carbocycles. The van der Waals surface area contributed by atoms with Crippen molar-refractivity contribution in [2.75, 3.05) is 6.54 Å². The Bertz CT molecular complexity index is 615. The first-order chi connectivity index (χ1) is 9.54. The quantitative estimate of drug-likeness (QED) is 0.840. The largest absolute Gasteiger partial charge is 0.306 e. The second-order valence-electron chi connectivity index (χ2n) is 4.30. The van der Waals surface area contributed by atoms with Crippen LogP contribution in [0.1, 0.15) is 24.1 Å². The van der Waals surface area contributed by atoms with Gasteiger partial charge in [0, 0.05) is 10.6 Å². The van der Waals surface area contributed by atoms with Gasteiger partial charge in [0.2, 0.25) is 0 Å². The summed E-state index contributed by atoms with van der Waals surface area (Å²) in [6.07, 6.45) is 0. The molecule has 0 aliphatic rings. The van der Waals surface area contributed by atoms with Crippen molar-refractivity contribution in [1.29, 1.82) is 0 Å². The van der Waals surface area contributed by atoms with Crippen LogP contribution in [0.5, 0.6) is 0 Å². The third-order valence-corrected chi connectivity index (χ3v) is 3.61. The number of benzene rings is 2. The molecule has 0 aromatic heterocycles. The van der Waals surface area contributed by atoms with Crippen LogP contribution in [0.4, 0.5) is 8.78 Å². The molecule has 20 heavy (non-hydrogen) atoms. The zero-order valence-electron chi connectivity index (χ0n) is 10.8. The van der Waals surface area contributed by atoms with Gasteiger partial charge in [-0.25, -0.2) is 8.78 Å². The fourth-order valence-corrected chi connectivity index (χ4v) is 2.48. The molecule has 106 valence electrons.